The van der Waals surface area contributed by atoms with E-state index in [0.29, 0.717) is 12.8 Å². The predicted molar refractivity (Wildman–Crippen MR) is 32.7 cm³/mol. The van der Waals surface area contributed by atoms with E-state index in [4.69, 9.17) is 4.74 Å². The van der Waals surface area contributed by atoms with Gasteiger partial charge in [-0.1, -0.05) is 0 Å². The molecule has 0 radical (unpaired) electrons. The largest absolute Gasteiger partial charge is 0.461 e. The minimum Gasteiger partial charge on any atom is -0.461 e. The Labute approximate surface area is 53.8 Å². The fourth-order valence-corrected chi connectivity index (χ4v) is 0.502. The zero-order chi connectivity index (χ0) is 6.69. The quantitative estimate of drug-likeness (QED) is 0.553. The van der Waals surface area contributed by atoms with Crippen LogP contribution in [0.4, 0.5) is 0 Å². The van der Waals surface area contributed by atoms with Gasteiger partial charge in [-0.25, -0.2) is 15.3 Å². The molecular formula is C5H10N2O2. The average Bonchev–Trinajstić information content (AvgIpc) is 2.15. The first-order chi connectivity index (χ1) is 4.29. The smallest absolute Gasteiger partial charge is 0.312 e. The summed E-state index contributed by atoms with van der Waals surface area (Å²) in [6.07, 6.45) is 0.151. The van der Waals surface area contributed by atoms with Crippen LogP contribution in [0.1, 0.15) is 13.8 Å². The number of hydrogen-bond donors (Lipinski definition) is 1. The molecule has 0 saturated heterocycles. The summed E-state index contributed by atoms with van der Waals surface area (Å²) in [5.41, 5.74) is 2.52. The van der Waals surface area contributed by atoms with Crippen LogP contribution in [-0.4, -0.2) is 18.9 Å². The molecule has 1 aliphatic rings. The van der Waals surface area contributed by atoms with Crippen molar-refractivity contribution in [2.45, 2.75) is 20.0 Å². The molecule has 0 fully saturated rings. The molecule has 1 N–H and O–H groups in total. The van der Waals surface area contributed by atoms with E-state index >= 15 is 0 Å². The molecule has 0 unspecified atom stereocenters. The van der Waals surface area contributed by atoms with Crippen LogP contribution in [0.2, 0.25) is 0 Å². The summed E-state index contributed by atoms with van der Waals surface area (Å²) >= 11 is 0. The fourth-order valence-electron chi connectivity index (χ4n) is 0.502. The third kappa shape index (κ3) is 1.89. The molecule has 0 atom stereocenters. The maximum Gasteiger partial charge on any atom is 0.312 e. The lowest BCUT2D eigenvalue weighted by atomic mass is 10.5. The van der Waals surface area contributed by atoms with E-state index in [1.807, 2.05) is 13.8 Å². The molecule has 4 heteroatoms. The van der Waals surface area contributed by atoms with Crippen LogP contribution in [0.3, 0.4) is 0 Å². The Morgan fingerprint density at radius 1 is 1.78 bits per heavy atom. The van der Waals surface area contributed by atoms with E-state index in [9.17, 15) is 0 Å². The van der Waals surface area contributed by atoms with E-state index in [0.717, 1.165) is 0 Å². The minimum atomic E-state index is 0.151. The van der Waals surface area contributed by atoms with Gasteiger partial charge in [-0.2, -0.15) is 0 Å². The monoisotopic (exact) mass is 130 g/mol. The van der Waals surface area contributed by atoms with Crippen LogP contribution >= 0.6 is 0 Å². The van der Waals surface area contributed by atoms with Gasteiger partial charge in [0.05, 0.1) is 6.10 Å². The van der Waals surface area contributed by atoms with Crippen molar-refractivity contribution >= 4 is 6.02 Å². The number of nitrogens with zero attached hydrogens (tertiary/aromatic N) is 1. The minimum absolute atomic E-state index is 0.151. The van der Waals surface area contributed by atoms with Crippen LogP contribution in [0, 0.1) is 0 Å². The Morgan fingerprint density at radius 3 is 3.00 bits per heavy atom. The van der Waals surface area contributed by atoms with Crippen molar-refractivity contribution in [3.63, 3.8) is 0 Å². The van der Waals surface area contributed by atoms with Gasteiger partial charge in [0, 0.05) is 0 Å². The first-order valence-electron chi connectivity index (χ1n) is 2.88. The van der Waals surface area contributed by atoms with Gasteiger partial charge in [-0.3, -0.25) is 0 Å². The molecule has 0 aromatic rings. The average molecular weight is 130 g/mol. The van der Waals surface area contributed by atoms with Gasteiger partial charge in [0.1, 0.15) is 0 Å². The first-order valence-corrected chi connectivity index (χ1v) is 2.88. The molecular weight excluding hydrogens is 120 g/mol. The molecule has 0 aliphatic carbocycles. The van der Waals surface area contributed by atoms with Crippen molar-refractivity contribution in [2.75, 3.05) is 6.73 Å². The van der Waals surface area contributed by atoms with Crippen molar-refractivity contribution < 1.29 is 9.57 Å². The van der Waals surface area contributed by atoms with E-state index in [1.54, 1.807) is 0 Å². The van der Waals surface area contributed by atoms with Crippen molar-refractivity contribution in [1.29, 1.82) is 0 Å². The second-order valence-corrected chi connectivity index (χ2v) is 2.01. The van der Waals surface area contributed by atoms with Gasteiger partial charge >= 0.3 is 6.02 Å². The zero-order valence-corrected chi connectivity index (χ0v) is 5.55. The fraction of sp³-hybridized carbons (Fsp3) is 0.800. The molecule has 0 aromatic heterocycles. The van der Waals surface area contributed by atoms with E-state index in [2.05, 4.69) is 15.3 Å². The maximum atomic E-state index is 5.12. The number of hydroxylamine groups is 1. The predicted octanol–water partition coefficient (Wildman–Crippen LogP) is 0.260. The highest BCUT2D eigenvalue weighted by Crippen LogP contribution is 1.93. The zero-order valence-electron chi connectivity index (χ0n) is 5.55. The molecule has 0 spiro atoms. The van der Waals surface area contributed by atoms with Gasteiger partial charge in [0.25, 0.3) is 0 Å². The molecule has 1 heterocycles. The standard InChI is InChI=1S/C5H10N2O2/c1-4(2)9-5-6-3-8-7-5/h4H,3H2,1-2H3,(H,6,7). The van der Waals surface area contributed by atoms with Crippen LogP contribution < -0.4 is 5.48 Å². The lowest BCUT2D eigenvalue weighted by molar-refractivity contribution is 0.0938. The molecule has 0 aromatic carbocycles. The summed E-state index contributed by atoms with van der Waals surface area (Å²) in [6, 6.07) is 0.477. The van der Waals surface area contributed by atoms with Gasteiger partial charge in [0.2, 0.25) is 0 Å². The van der Waals surface area contributed by atoms with E-state index in [-0.39, 0.29) is 6.10 Å². The molecule has 0 bridgehead atoms. The number of aliphatic imine (C=N–C) groups is 1. The summed E-state index contributed by atoms with van der Waals surface area (Å²) in [5.74, 6) is 0. The van der Waals surface area contributed by atoms with Gasteiger partial charge in [0.15, 0.2) is 6.73 Å². The van der Waals surface area contributed by atoms with Crippen molar-refractivity contribution in [3.05, 3.63) is 0 Å². The van der Waals surface area contributed by atoms with Crippen molar-refractivity contribution in [2.24, 2.45) is 4.99 Å². The van der Waals surface area contributed by atoms with Crippen molar-refractivity contribution in [1.82, 2.24) is 5.48 Å². The topological polar surface area (TPSA) is 42.9 Å². The molecule has 9 heavy (non-hydrogen) atoms. The molecule has 0 saturated carbocycles. The summed E-state index contributed by atoms with van der Waals surface area (Å²) < 4.78 is 5.12. The van der Waals surface area contributed by atoms with Crippen LogP contribution in [0.5, 0.6) is 0 Å². The number of amidine groups is 1. The summed E-state index contributed by atoms with van der Waals surface area (Å²) in [5, 5.41) is 0. The van der Waals surface area contributed by atoms with Gasteiger partial charge < -0.3 is 4.74 Å². The Morgan fingerprint density at radius 2 is 2.56 bits per heavy atom. The maximum absolute atomic E-state index is 5.12. The lowest BCUT2D eigenvalue weighted by Crippen LogP contribution is -2.22. The SMILES string of the molecule is CC(C)OC1=NCON1. The number of nitrogens with one attached hydrogen (secondary N) is 1. The Balaban J connectivity index is 2.26. The highest BCUT2D eigenvalue weighted by Gasteiger charge is 2.06. The third-order valence-corrected chi connectivity index (χ3v) is 0.780. The van der Waals surface area contributed by atoms with Gasteiger partial charge in [-0.05, 0) is 13.8 Å². The summed E-state index contributed by atoms with van der Waals surface area (Å²) in [6.45, 7) is 4.22. The second-order valence-electron chi connectivity index (χ2n) is 2.01. The van der Waals surface area contributed by atoms with E-state index in [1.165, 1.54) is 0 Å². The number of ether oxygens (including phenoxy) is 1. The summed E-state index contributed by atoms with van der Waals surface area (Å²) in [4.78, 5) is 8.52. The highest BCUT2D eigenvalue weighted by molar-refractivity contribution is 5.73. The van der Waals surface area contributed by atoms with Crippen LogP contribution in [-0.2, 0) is 9.57 Å². The van der Waals surface area contributed by atoms with E-state index < -0.39 is 0 Å². The molecule has 4 nitrogen and oxygen atoms in total. The van der Waals surface area contributed by atoms with Crippen molar-refractivity contribution in [3.8, 4) is 0 Å². The van der Waals surface area contributed by atoms with Crippen LogP contribution in [0.15, 0.2) is 4.99 Å². The molecule has 0 amide bonds. The second kappa shape index (κ2) is 2.68. The van der Waals surface area contributed by atoms with Gasteiger partial charge in [-0.15, -0.1) is 0 Å². The third-order valence-electron chi connectivity index (χ3n) is 0.780. The Kier molecular flexibility index (Phi) is 1.89. The highest BCUT2D eigenvalue weighted by atomic mass is 16.7. The number of rotatable bonds is 1. The Hall–Kier alpha value is -0.770. The normalized spacial score (nSPS) is 17.4. The molecule has 1 aliphatic heterocycles. The first kappa shape index (κ1) is 6.35. The molecule has 1 rings (SSSR count). The number of hydrogen-bond acceptors (Lipinski definition) is 4. The summed E-state index contributed by atoms with van der Waals surface area (Å²) in [7, 11) is 0. The molecule has 52 valence electrons. The lowest BCUT2D eigenvalue weighted by Gasteiger charge is -2.06. The Bertz CT molecular complexity index is 122. The van der Waals surface area contributed by atoms with Crippen LogP contribution in [0.25, 0.3) is 0 Å².